The van der Waals surface area contributed by atoms with E-state index in [0.29, 0.717) is 23.8 Å². The van der Waals surface area contributed by atoms with E-state index in [1.807, 2.05) is 27.7 Å². The van der Waals surface area contributed by atoms with Crippen LogP contribution in [-0.4, -0.2) is 35.4 Å². The van der Waals surface area contributed by atoms with Gasteiger partial charge in [0.1, 0.15) is 28.4 Å². The molecule has 0 saturated heterocycles. The molecule has 0 radical (unpaired) electrons. The van der Waals surface area contributed by atoms with Crippen molar-refractivity contribution in [1.29, 1.82) is 0 Å². The second kappa shape index (κ2) is 9.67. The molecule has 5 unspecified atom stereocenters. The Kier molecular flexibility index (Phi) is 6.69. The molecular formula is C30H36O7. The summed E-state index contributed by atoms with van der Waals surface area (Å²) in [4.78, 5) is 26.4. The summed E-state index contributed by atoms with van der Waals surface area (Å²) in [5, 5.41) is 21.9. The normalized spacial score (nSPS) is 25.0. The smallest absolute Gasteiger partial charge is 0.346 e. The predicted molar refractivity (Wildman–Crippen MR) is 138 cm³/mol. The summed E-state index contributed by atoms with van der Waals surface area (Å²) in [5.41, 5.74) is 3.12. The molecule has 2 aromatic rings. The Morgan fingerprint density at radius 3 is 2.46 bits per heavy atom. The number of cyclic esters (lactones) is 1. The molecule has 7 heteroatoms. The third-order valence-electron chi connectivity index (χ3n) is 8.64. The standard InChI is InChI=1S/C30H36O7/c1-14(2)11-20(31)27-24-16(4)15(3)23(19-13-17-9-10-18(19)12-17)26(29(32)33)28(24)36-22-8-6-7-21(35-5)25(22)30(34)37-27/h6-8,14,17-20,27,31H,9-13H2,1-5H3,(H,32,33). The third-order valence-corrected chi connectivity index (χ3v) is 8.64. The van der Waals surface area contributed by atoms with E-state index in [2.05, 4.69) is 0 Å². The highest BCUT2D eigenvalue weighted by Gasteiger charge is 2.45. The minimum Gasteiger partial charge on any atom is -0.496 e. The Balaban J connectivity index is 1.80. The van der Waals surface area contributed by atoms with Gasteiger partial charge in [-0.2, -0.15) is 0 Å². The Hall–Kier alpha value is -3.06. The van der Waals surface area contributed by atoms with Gasteiger partial charge >= 0.3 is 11.9 Å². The first-order valence-electron chi connectivity index (χ1n) is 13.3. The molecule has 1 aliphatic heterocycles. The molecule has 0 spiro atoms. The molecule has 198 valence electrons. The Morgan fingerprint density at radius 1 is 1.14 bits per heavy atom. The predicted octanol–water partition coefficient (Wildman–Crippen LogP) is 6.32. The van der Waals surface area contributed by atoms with Gasteiger partial charge in [0.2, 0.25) is 0 Å². The molecule has 7 nitrogen and oxygen atoms in total. The molecule has 2 bridgehead atoms. The van der Waals surface area contributed by atoms with E-state index in [4.69, 9.17) is 14.2 Å². The molecule has 0 amide bonds. The number of carboxylic acids is 1. The van der Waals surface area contributed by atoms with Gasteiger partial charge in [0.15, 0.2) is 6.10 Å². The maximum atomic E-state index is 13.4. The number of fused-ring (bicyclic) bond motifs is 4. The molecule has 1 heterocycles. The zero-order chi connectivity index (χ0) is 26.6. The number of esters is 1. The maximum absolute atomic E-state index is 13.4. The summed E-state index contributed by atoms with van der Waals surface area (Å²) in [6.45, 7) is 7.81. The van der Waals surface area contributed by atoms with Gasteiger partial charge in [0, 0.05) is 5.56 Å². The van der Waals surface area contributed by atoms with Gasteiger partial charge in [-0.05, 0) is 92.0 Å². The van der Waals surface area contributed by atoms with Crippen molar-refractivity contribution in [2.75, 3.05) is 7.11 Å². The Bertz CT molecular complexity index is 1250. The Labute approximate surface area is 217 Å². The fraction of sp³-hybridized carbons (Fsp3) is 0.533. The largest absolute Gasteiger partial charge is 0.496 e. The summed E-state index contributed by atoms with van der Waals surface area (Å²) in [6, 6.07) is 4.94. The van der Waals surface area contributed by atoms with Gasteiger partial charge in [-0.3, -0.25) is 0 Å². The molecule has 0 aromatic heterocycles. The average Bonchev–Trinajstić information content (AvgIpc) is 3.47. The number of aromatic carboxylic acids is 1. The number of rotatable bonds is 6. The highest BCUT2D eigenvalue weighted by molar-refractivity contribution is 5.98. The van der Waals surface area contributed by atoms with Gasteiger partial charge < -0.3 is 24.4 Å². The summed E-state index contributed by atoms with van der Waals surface area (Å²) < 4.78 is 17.8. The molecule has 2 saturated carbocycles. The highest BCUT2D eigenvalue weighted by atomic mass is 16.6. The van der Waals surface area contributed by atoms with Crippen molar-refractivity contribution >= 4 is 11.9 Å². The first-order chi connectivity index (χ1) is 17.6. The number of methoxy groups -OCH3 is 1. The summed E-state index contributed by atoms with van der Waals surface area (Å²) in [5.74, 6) is 0.189. The minimum absolute atomic E-state index is 0.0773. The quantitative estimate of drug-likeness (QED) is 0.440. The lowest BCUT2D eigenvalue weighted by Gasteiger charge is -2.34. The number of hydrogen-bond donors (Lipinski definition) is 2. The van der Waals surface area contributed by atoms with Crippen LogP contribution in [0, 0.1) is 31.6 Å². The molecule has 37 heavy (non-hydrogen) atoms. The van der Waals surface area contributed by atoms with Gasteiger partial charge in [0.05, 0.1) is 13.2 Å². The first-order valence-corrected chi connectivity index (χ1v) is 13.3. The van der Waals surface area contributed by atoms with E-state index in [-0.39, 0.29) is 40.2 Å². The van der Waals surface area contributed by atoms with Crippen LogP contribution >= 0.6 is 0 Å². The molecule has 2 aliphatic carbocycles. The second-order valence-electron chi connectivity index (χ2n) is 11.3. The number of carbonyl (C=O) groups is 2. The van der Waals surface area contributed by atoms with Gasteiger partial charge in [-0.1, -0.05) is 26.3 Å². The van der Waals surface area contributed by atoms with Crippen LogP contribution in [0.4, 0.5) is 0 Å². The lowest BCUT2D eigenvalue weighted by Crippen LogP contribution is -2.30. The van der Waals surface area contributed by atoms with Crippen LogP contribution in [0.5, 0.6) is 17.2 Å². The van der Waals surface area contributed by atoms with Crippen LogP contribution in [0.3, 0.4) is 0 Å². The van der Waals surface area contributed by atoms with Crippen molar-refractivity contribution in [2.24, 2.45) is 17.8 Å². The van der Waals surface area contributed by atoms with Crippen molar-refractivity contribution < 1.29 is 34.0 Å². The third kappa shape index (κ3) is 4.27. The van der Waals surface area contributed by atoms with Crippen LogP contribution in [-0.2, 0) is 4.74 Å². The monoisotopic (exact) mass is 508 g/mol. The summed E-state index contributed by atoms with van der Waals surface area (Å²) in [7, 11) is 1.45. The molecule has 3 aliphatic rings. The summed E-state index contributed by atoms with van der Waals surface area (Å²) in [6.07, 6.45) is 2.65. The average molecular weight is 509 g/mol. The fourth-order valence-corrected chi connectivity index (χ4v) is 6.93. The first kappa shape index (κ1) is 25.6. The topological polar surface area (TPSA) is 102 Å². The van der Waals surface area contributed by atoms with E-state index in [9.17, 15) is 19.8 Å². The maximum Gasteiger partial charge on any atom is 0.346 e. The van der Waals surface area contributed by atoms with Crippen LogP contribution in [0.15, 0.2) is 18.2 Å². The number of carboxylic acid groups (broad SMARTS) is 1. The van der Waals surface area contributed by atoms with E-state index >= 15 is 0 Å². The second-order valence-corrected chi connectivity index (χ2v) is 11.3. The molecule has 5 rings (SSSR count). The molecule has 2 aromatic carbocycles. The van der Waals surface area contributed by atoms with Crippen LogP contribution in [0.2, 0.25) is 0 Å². The van der Waals surface area contributed by atoms with E-state index < -0.39 is 24.1 Å². The van der Waals surface area contributed by atoms with Crippen molar-refractivity contribution in [2.45, 2.75) is 77.9 Å². The SMILES string of the molecule is COc1cccc2c1C(=O)OC(C(O)CC(C)C)c1c(C)c(C)c(C3CC4CCC3C4)c(C(=O)O)c1O2. The lowest BCUT2D eigenvalue weighted by atomic mass is 9.76. The fourth-order valence-electron chi connectivity index (χ4n) is 6.93. The lowest BCUT2D eigenvalue weighted by molar-refractivity contribution is -0.0287. The van der Waals surface area contributed by atoms with Crippen LogP contribution in [0.25, 0.3) is 0 Å². The van der Waals surface area contributed by atoms with E-state index in [1.54, 1.807) is 18.2 Å². The molecule has 5 atom stereocenters. The van der Waals surface area contributed by atoms with E-state index in [0.717, 1.165) is 36.0 Å². The van der Waals surface area contributed by atoms with Crippen molar-refractivity contribution in [3.63, 3.8) is 0 Å². The minimum atomic E-state index is -1.09. The number of ether oxygens (including phenoxy) is 3. The number of aliphatic hydroxyl groups excluding tert-OH is 1. The molecule has 2 N–H and O–H groups in total. The zero-order valence-electron chi connectivity index (χ0n) is 22.2. The number of carbonyl (C=O) groups excluding carboxylic acids is 1. The summed E-state index contributed by atoms with van der Waals surface area (Å²) >= 11 is 0. The van der Waals surface area contributed by atoms with Crippen LogP contribution in [0.1, 0.15) is 101 Å². The van der Waals surface area contributed by atoms with Crippen LogP contribution < -0.4 is 9.47 Å². The molecular weight excluding hydrogens is 472 g/mol. The van der Waals surface area contributed by atoms with Gasteiger partial charge in [-0.15, -0.1) is 0 Å². The zero-order valence-corrected chi connectivity index (χ0v) is 22.2. The van der Waals surface area contributed by atoms with Crippen molar-refractivity contribution in [3.8, 4) is 17.2 Å². The van der Waals surface area contributed by atoms with Gasteiger partial charge in [-0.25, -0.2) is 9.59 Å². The molecule has 2 fully saturated rings. The van der Waals surface area contributed by atoms with Gasteiger partial charge in [0.25, 0.3) is 0 Å². The Morgan fingerprint density at radius 2 is 1.86 bits per heavy atom. The highest BCUT2D eigenvalue weighted by Crippen LogP contribution is 2.56. The number of benzene rings is 2. The van der Waals surface area contributed by atoms with Crippen molar-refractivity contribution in [1.82, 2.24) is 0 Å². The number of aliphatic hydroxyl groups is 1. The number of hydrogen-bond acceptors (Lipinski definition) is 6. The van der Waals surface area contributed by atoms with E-state index in [1.165, 1.54) is 13.5 Å². The van der Waals surface area contributed by atoms with Crippen molar-refractivity contribution in [3.05, 3.63) is 51.6 Å².